The van der Waals surface area contributed by atoms with Crippen LogP contribution >= 0.6 is 0 Å². The van der Waals surface area contributed by atoms with E-state index in [9.17, 15) is 4.39 Å². The largest absolute Gasteiger partial charge is 0.493 e. The van der Waals surface area contributed by atoms with Crippen LogP contribution in [-0.2, 0) is 4.74 Å². The highest BCUT2D eigenvalue weighted by Gasteiger charge is 2.14. The summed E-state index contributed by atoms with van der Waals surface area (Å²) in [5.41, 5.74) is 0.576. The lowest BCUT2D eigenvalue weighted by Gasteiger charge is -2.17. The van der Waals surface area contributed by atoms with E-state index in [2.05, 4.69) is 5.32 Å². The summed E-state index contributed by atoms with van der Waals surface area (Å²) >= 11 is 0. The molecule has 0 saturated heterocycles. The van der Waals surface area contributed by atoms with Crippen molar-refractivity contribution in [2.24, 2.45) is 0 Å². The van der Waals surface area contributed by atoms with Crippen molar-refractivity contribution in [1.82, 2.24) is 5.32 Å². The van der Waals surface area contributed by atoms with E-state index in [1.54, 1.807) is 26.3 Å². The summed E-state index contributed by atoms with van der Waals surface area (Å²) in [5.74, 6) is 0.360. The Balaban J connectivity index is 2.73. The molecule has 0 aliphatic carbocycles. The number of methoxy groups -OCH3 is 1. The molecule has 0 fully saturated rings. The van der Waals surface area contributed by atoms with E-state index in [0.29, 0.717) is 24.5 Å². The summed E-state index contributed by atoms with van der Waals surface area (Å²) in [5, 5.41) is 3.02. The molecule has 0 saturated carbocycles. The van der Waals surface area contributed by atoms with Crippen LogP contribution in [0.5, 0.6) is 5.75 Å². The molecule has 17 heavy (non-hydrogen) atoms. The van der Waals surface area contributed by atoms with Gasteiger partial charge < -0.3 is 14.8 Å². The van der Waals surface area contributed by atoms with Gasteiger partial charge in [-0.05, 0) is 26.1 Å². The first kappa shape index (κ1) is 13.9. The summed E-state index contributed by atoms with van der Waals surface area (Å²) in [6.07, 6.45) is 0.792. The van der Waals surface area contributed by atoms with Crippen molar-refractivity contribution in [3.8, 4) is 5.75 Å². The third-order valence-corrected chi connectivity index (χ3v) is 2.63. The summed E-state index contributed by atoms with van der Waals surface area (Å²) in [6.45, 7) is 3.08. The number of rotatable bonds is 7. The van der Waals surface area contributed by atoms with Crippen LogP contribution in [0.2, 0.25) is 0 Å². The van der Waals surface area contributed by atoms with E-state index in [1.807, 2.05) is 6.92 Å². The normalized spacial score (nSPS) is 12.5. The number of hydrogen-bond donors (Lipinski definition) is 1. The predicted molar refractivity (Wildman–Crippen MR) is 65.9 cm³/mol. The van der Waals surface area contributed by atoms with Gasteiger partial charge in [0.25, 0.3) is 0 Å². The van der Waals surface area contributed by atoms with Crippen LogP contribution in [-0.4, -0.2) is 27.4 Å². The van der Waals surface area contributed by atoms with Crippen molar-refractivity contribution in [2.75, 3.05) is 27.4 Å². The minimum absolute atomic E-state index is 0.0753. The summed E-state index contributed by atoms with van der Waals surface area (Å²) in [4.78, 5) is 0. The SMILES string of the molecule is CNC(C)c1c(F)cccc1OCCCOC. The van der Waals surface area contributed by atoms with Crippen LogP contribution in [0.25, 0.3) is 0 Å². The zero-order chi connectivity index (χ0) is 12.7. The smallest absolute Gasteiger partial charge is 0.131 e. The average molecular weight is 241 g/mol. The van der Waals surface area contributed by atoms with Crippen molar-refractivity contribution in [1.29, 1.82) is 0 Å². The van der Waals surface area contributed by atoms with Gasteiger partial charge in [-0.15, -0.1) is 0 Å². The molecule has 1 aromatic carbocycles. The van der Waals surface area contributed by atoms with Crippen molar-refractivity contribution in [3.05, 3.63) is 29.6 Å². The van der Waals surface area contributed by atoms with Crippen LogP contribution in [0.4, 0.5) is 4.39 Å². The number of halogens is 1. The molecule has 0 aromatic heterocycles. The monoisotopic (exact) mass is 241 g/mol. The lowest BCUT2D eigenvalue weighted by atomic mass is 10.1. The fraction of sp³-hybridized carbons (Fsp3) is 0.538. The molecule has 1 N–H and O–H groups in total. The second kappa shape index (κ2) is 7.25. The molecule has 0 spiro atoms. The zero-order valence-corrected chi connectivity index (χ0v) is 10.6. The standard InChI is InChI=1S/C13H20FNO2/c1-10(15-2)13-11(14)6-4-7-12(13)17-9-5-8-16-3/h4,6-7,10,15H,5,8-9H2,1-3H3. The van der Waals surface area contributed by atoms with E-state index in [1.165, 1.54) is 6.07 Å². The molecule has 3 nitrogen and oxygen atoms in total. The van der Waals surface area contributed by atoms with Crippen molar-refractivity contribution in [2.45, 2.75) is 19.4 Å². The molecule has 0 radical (unpaired) electrons. The Morgan fingerprint density at radius 3 is 2.76 bits per heavy atom. The minimum atomic E-state index is -0.240. The topological polar surface area (TPSA) is 30.5 Å². The highest BCUT2D eigenvalue weighted by Crippen LogP contribution is 2.27. The molecule has 0 aliphatic heterocycles. The third-order valence-electron chi connectivity index (χ3n) is 2.63. The Labute approximate surface area is 102 Å². The highest BCUT2D eigenvalue weighted by atomic mass is 19.1. The maximum Gasteiger partial charge on any atom is 0.131 e. The molecule has 0 aliphatic rings. The van der Waals surface area contributed by atoms with Crippen LogP contribution in [0.15, 0.2) is 18.2 Å². The van der Waals surface area contributed by atoms with E-state index in [0.717, 1.165) is 6.42 Å². The Morgan fingerprint density at radius 1 is 1.35 bits per heavy atom. The number of nitrogens with one attached hydrogen (secondary N) is 1. The fourth-order valence-electron chi connectivity index (χ4n) is 1.59. The van der Waals surface area contributed by atoms with Gasteiger partial charge in [-0.3, -0.25) is 0 Å². The molecule has 0 amide bonds. The number of ether oxygens (including phenoxy) is 2. The molecule has 1 atom stereocenters. The molecule has 96 valence electrons. The van der Waals surface area contributed by atoms with Crippen molar-refractivity contribution in [3.63, 3.8) is 0 Å². The van der Waals surface area contributed by atoms with Gasteiger partial charge in [-0.2, -0.15) is 0 Å². The first-order valence-electron chi connectivity index (χ1n) is 5.78. The summed E-state index contributed by atoms with van der Waals surface area (Å²) in [6, 6.07) is 4.82. The van der Waals surface area contributed by atoms with Gasteiger partial charge in [0.2, 0.25) is 0 Å². The molecular formula is C13H20FNO2. The van der Waals surface area contributed by atoms with E-state index in [-0.39, 0.29) is 11.9 Å². The number of benzene rings is 1. The van der Waals surface area contributed by atoms with E-state index in [4.69, 9.17) is 9.47 Å². The maximum atomic E-state index is 13.7. The van der Waals surface area contributed by atoms with Gasteiger partial charge in [-0.25, -0.2) is 4.39 Å². The molecule has 1 unspecified atom stereocenters. The molecule has 0 bridgehead atoms. The van der Waals surface area contributed by atoms with Gasteiger partial charge in [-0.1, -0.05) is 6.07 Å². The van der Waals surface area contributed by atoms with Gasteiger partial charge in [0.15, 0.2) is 0 Å². The number of hydrogen-bond acceptors (Lipinski definition) is 3. The Morgan fingerprint density at radius 2 is 2.12 bits per heavy atom. The first-order chi connectivity index (χ1) is 8.20. The summed E-state index contributed by atoms with van der Waals surface area (Å²) in [7, 11) is 3.45. The highest BCUT2D eigenvalue weighted by molar-refractivity contribution is 5.36. The summed E-state index contributed by atoms with van der Waals surface area (Å²) < 4.78 is 24.2. The third kappa shape index (κ3) is 3.98. The second-order valence-corrected chi connectivity index (χ2v) is 3.86. The first-order valence-corrected chi connectivity index (χ1v) is 5.78. The zero-order valence-electron chi connectivity index (χ0n) is 10.6. The molecule has 0 heterocycles. The predicted octanol–water partition coefficient (Wildman–Crippen LogP) is 2.52. The Kier molecular flexibility index (Phi) is 5.94. The lowest BCUT2D eigenvalue weighted by molar-refractivity contribution is 0.171. The van der Waals surface area contributed by atoms with Gasteiger partial charge in [0, 0.05) is 31.7 Å². The van der Waals surface area contributed by atoms with Gasteiger partial charge >= 0.3 is 0 Å². The molecule has 1 aromatic rings. The Bertz CT molecular complexity index is 344. The quantitative estimate of drug-likeness (QED) is 0.744. The minimum Gasteiger partial charge on any atom is -0.493 e. The molecule has 4 heteroatoms. The van der Waals surface area contributed by atoms with Crippen LogP contribution in [0, 0.1) is 5.82 Å². The average Bonchev–Trinajstić information content (AvgIpc) is 2.34. The Hall–Kier alpha value is -1.13. The van der Waals surface area contributed by atoms with Crippen LogP contribution in [0.1, 0.15) is 24.9 Å². The van der Waals surface area contributed by atoms with E-state index >= 15 is 0 Å². The molecule has 1 rings (SSSR count). The van der Waals surface area contributed by atoms with Crippen LogP contribution < -0.4 is 10.1 Å². The van der Waals surface area contributed by atoms with Gasteiger partial charge in [0.05, 0.1) is 6.61 Å². The van der Waals surface area contributed by atoms with E-state index < -0.39 is 0 Å². The fourth-order valence-corrected chi connectivity index (χ4v) is 1.59. The maximum absolute atomic E-state index is 13.7. The lowest BCUT2D eigenvalue weighted by Crippen LogP contribution is -2.16. The van der Waals surface area contributed by atoms with Crippen molar-refractivity contribution >= 4 is 0 Å². The molecular weight excluding hydrogens is 221 g/mol. The van der Waals surface area contributed by atoms with Crippen LogP contribution in [0.3, 0.4) is 0 Å². The van der Waals surface area contributed by atoms with Crippen molar-refractivity contribution < 1.29 is 13.9 Å². The van der Waals surface area contributed by atoms with Gasteiger partial charge in [0.1, 0.15) is 11.6 Å². The second-order valence-electron chi connectivity index (χ2n) is 3.86.